The molecule has 2 bridgehead atoms. The molecule has 2 saturated heterocycles. The summed E-state index contributed by atoms with van der Waals surface area (Å²) >= 11 is 0. The summed E-state index contributed by atoms with van der Waals surface area (Å²) in [4.78, 5) is 30.7. The molecular weight excluding hydrogens is 453 g/mol. The van der Waals surface area contributed by atoms with Crippen LogP contribution in [0.4, 0.5) is 24.5 Å². The van der Waals surface area contributed by atoms with E-state index in [0.29, 0.717) is 6.07 Å². The number of amides is 2. The van der Waals surface area contributed by atoms with Crippen LogP contribution in [0.25, 0.3) is 4.85 Å². The first-order valence-electron chi connectivity index (χ1n) is 10.5. The zero-order valence-electron chi connectivity index (χ0n) is 19.2. The molecule has 6 nitrogen and oxygen atoms in total. The second-order valence-electron chi connectivity index (χ2n) is 10.5. The molecule has 3 aliphatic heterocycles. The molecule has 10 heteroatoms. The molecule has 33 heavy (non-hydrogen) atoms. The number of hydrogen-bond acceptors (Lipinski definition) is 4. The maximum Gasteiger partial charge on any atom is 0.407 e. The summed E-state index contributed by atoms with van der Waals surface area (Å²) in [6.45, 7) is 18.8. The van der Waals surface area contributed by atoms with Gasteiger partial charge in [-0.15, -0.1) is 0 Å². The minimum absolute atomic E-state index is 0.210. The number of anilines is 1. The van der Waals surface area contributed by atoms with E-state index in [9.17, 15) is 22.8 Å². The largest absolute Gasteiger partial charge is 0.407 e. The van der Waals surface area contributed by atoms with Crippen LogP contribution < -0.4 is 4.90 Å². The zero-order valence-corrected chi connectivity index (χ0v) is 20.2. The quantitative estimate of drug-likeness (QED) is 0.251. The standard InChI is InChI=1S/C23H25F3N2O4Si/c1-20(2,3)33(6,7)32-22-11-10-21(4,31-22)16-17(22)19(30)28(18(16)29)13-8-9-15(27-5)14(12-13)23(24,25)26/h8-12,16-17H,1-4,6-7H3/t16-,17+,21?,22?/m1/s1. The van der Waals surface area contributed by atoms with Crippen LogP contribution in [0.15, 0.2) is 30.4 Å². The highest BCUT2D eigenvalue weighted by atomic mass is 28.4. The maximum absolute atomic E-state index is 13.6. The summed E-state index contributed by atoms with van der Waals surface area (Å²) in [6, 6.07) is 2.86. The Balaban J connectivity index is 1.78. The number of ether oxygens (including phenoxy) is 1. The molecule has 2 unspecified atom stereocenters. The molecule has 0 N–H and O–H groups in total. The molecule has 0 aliphatic carbocycles. The lowest BCUT2D eigenvalue weighted by Gasteiger charge is -2.43. The monoisotopic (exact) mass is 478 g/mol. The fourth-order valence-corrected chi connectivity index (χ4v) is 5.93. The summed E-state index contributed by atoms with van der Waals surface area (Å²) in [7, 11) is -2.47. The van der Waals surface area contributed by atoms with E-state index in [4.69, 9.17) is 15.7 Å². The number of halogens is 3. The lowest BCUT2D eigenvalue weighted by molar-refractivity contribution is -0.171. The fraction of sp³-hybridized carbons (Fsp3) is 0.522. The van der Waals surface area contributed by atoms with E-state index in [0.717, 1.165) is 11.0 Å². The van der Waals surface area contributed by atoms with E-state index in [-0.39, 0.29) is 10.7 Å². The fourth-order valence-electron chi connectivity index (χ4n) is 4.59. The van der Waals surface area contributed by atoms with E-state index >= 15 is 0 Å². The van der Waals surface area contributed by atoms with E-state index in [1.807, 2.05) is 33.9 Å². The molecule has 4 atom stereocenters. The molecule has 3 heterocycles. The van der Waals surface area contributed by atoms with Crippen molar-refractivity contribution in [1.29, 1.82) is 0 Å². The average molecular weight is 479 g/mol. The van der Waals surface area contributed by atoms with Crippen LogP contribution >= 0.6 is 0 Å². The second-order valence-corrected chi connectivity index (χ2v) is 15.2. The molecule has 4 rings (SSSR count). The first kappa shape index (κ1) is 23.7. The van der Waals surface area contributed by atoms with E-state index in [1.165, 1.54) is 6.07 Å². The number of benzene rings is 1. The summed E-state index contributed by atoms with van der Waals surface area (Å²) in [6.07, 6.45) is -1.42. The van der Waals surface area contributed by atoms with Gasteiger partial charge in [-0.2, -0.15) is 13.2 Å². The number of alkyl halides is 3. The number of rotatable bonds is 3. The molecule has 2 amide bonds. The van der Waals surface area contributed by atoms with E-state index in [2.05, 4.69) is 4.85 Å². The van der Waals surface area contributed by atoms with Crippen molar-refractivity contribution in [2.24, 2.45) is 11.8 Å². The Hall–Kier alpha value is -2.48. The van der Waals surface area contributed by atoms with Crippen LogP contribution in [0.2, 0.25) is 18.1 Å². The van der Waals surface area contributed by atoms with Gasteiger partial charge in [-0.25, -0.2) is 9.74 Å². The highest BCUT2D eigenvalue weighted by Gasteiger charge is 2.74. The van der Waals surface area contributed by atoms with Gasteiger partial charge in [0.25, 0.3) is 0 Å². The van der Waals surface area contributed by atoms with Gasteiger partial charge in [0.2, 0.25) is 11.8 Å². The van der Waals surface area contributed by atoms with Crippen LogP contribution in [0.3, 0.4) is 0 Å². The summed E-state index contributed by atoms with van der Waals surface area (Å²) in [5.74, 6) is -4.69. The van der Waals surface area contributed by atoms with Crippen molar-refractivity contribution < 1.29 is 31.9 Å². The normalized spacial score (nSPS) is 31.3. The Bertz CT molecular complexity index is 1130. The van der Waals surface area contributed by atoms with Gasteiger partial charge in [-0.3, -0.25) is 9.59 Å². The van der Waals surface area contributed by atoms with Gasteiger partial charge in [0.15, 0.2) is 19.8 Å². The Morgan fingerprint density at radius 1 is 1.12 bits per heavy atom. The van der Waals surface area contributed by atoms with Crippen molar-refractivity contribution in [3.63, 3.8) is 0 Å². The van der Waals surface area contributed by atoms with Crippen molar-refractivity contribution in [2.75, 3.05) is 4.90 Å². The summed E-state index contributed by atoms with van der Waals surface area (Å²) in [5.41, 5.74) is -3.12. The summed E-state index contributed by atoms with van der Waals surface area (Å²) in [5, 5.41) is -0.210. The Kier molecular flexibility index (Phi) is 4.86. The number of imide groups is 1. The molecular formula is C23H25F3N2O4Si. The van der Waals surface area contributed by atoms with Crippen LogP contribution in [-0.2, 0) is 24.9 Å². The number of nitrogens with zero attached hydrogens (tertiary/aromatic N) is 2. The third-order valence-corrected chi connectivity index (χ3v) is 11.7. The van der Waals surface area contributed by atoms with Crippen LogP contribution in [0.1, 0.15) is 33.3 Å². The molecule has 176 valence electrons. The number of hydrogen-bond donors (Lipinski definition) is 0. The van der Waals surface area contributed by atoms with Crippen LogP contribution in [-0.4, -0.2) is 31.5 Å². The van der Waals surface area contributed by atoms with Gasteiger partial charge in [-0.1, -0.05) is 32.9 Å². The molecule has 3 aliphatic rings. The predicted molar refractivity (Wildman–Crippen MR) is 117 cm³/mol. The molecule has 0 aromatic heterocycles. The molecule has 0 radical (unpaired) electrons. The summed E-state index contributed by atoms with van der Waals surface area (Å²) < 4.78 is 53.3. The topological polar surface area (TPSA) is 60.2 Å². The Morgan fingerprint density at radius 3 is 2.27 bits per heavy atom. The van der Waals surface area contributed by atoms with E-state index < -0.39 is 60.8 Å². The minimum atomic E-state index is -4.81. The van der Waals surface area contributed by atoms with Crippen molar-refractivity contribution >= 4 is 31.5 Å². The van der Waals surface area contributed by atoms with Gasteiger partial charge in [0.05, 0.1) is 18.1 Å². The molecule has 0 spiro atoms. The van der Waals surface area contributed by atoms with Crippen LogP contribution in [0, 0.1) is 18.4 Å². The van der Waals surface area contributed by atoms with E-state index in [1.54, 1.807) is 19.1 Å². The van der Waals surface area contributed by atoms with Gasteiger partial charge < -0.3 is 9.16 Å². The smallest absolute Gasteiger partial charge is 0.386 e. The lowest BCUT2D eigenvalue weighted by atomic mass is 9.76. The minimum Gasteiger partial charge on any atom is -0.386 e. The SMILES string of the molecule is [C-]#[N+]c1ccc(N2C(=O)[C@@H]3[C@H](C2=O)C2(C)C=CC3(O[Si](C)(C)C(C)(C)C)O2)cc1C(F)(F)F. The van der Waals surface area contributed by atoms with Crippen LogP contribution in [0.5, 0.6) is 0 Å². The Morgan fingerprint density at radius 2 is 1.73 bits per heavy atom. The lowest BCUT2D eigenvalue weighted by Crippen LogP contribution is -2.53. The molecule has 2 fully saturated rings. The van der Waals surface area contributed by atoms with Gasteiger partial charge in [0.1, 0.15) is 11.5 Å². The van der Waals surface area contributed by atoms with Crippen molar-refractivity contribution in [3.05, 3.63) is 47.3 Å². The molecule has 1 aromatic carbocycles. The predicted octanol–water partition coefficient (Wildman–Crippen LogP) is 5.44. The van der Waals surface area contributed by atoms with Gasteiger partial charge >= 0.3 is 6.18 Å². The first-order valence-corrected chi connectivity index (χ1v) is 13.5. The maximum atomic E-state index is 13.6. The van der Waals surface area contributed by atoms with Gasteiger partial charge in [-0.05, 0) is 43.3 Å². The first-order chi connectivity index (χ1) is 15.0. The number of carbonyl (C=O) groups excluding carboxylic acids is 2. The average Bonchev–Trinajstić information content (AvgIpc) is 3.24. The number of fused-ring (bicyclic) bond motifs is 5. The van der Waals surface area contributed by atoms with Crippen molar-refractivity contribution in [3.8, 4) is 0 Å². The second kappa shape index (κ2) is 6.78. The molecule has 0 saturated carbocycles. The zero-order chi connectivity index (χ0) is 24.8. The van der Waals surface area contributed by atoms with Crippen molar-refractivity contribution in [2.45, 2.75) is 63.4 Å². The molecule has 1 aromatic rings. The third-order valence-electron chi connectivity index (χ3n) is 7.27. The number of carbonyl (C=O) groups is 2. The van der Waals surface area contributed by atoms with Crippen molar-refractivity contribution in [1.82, 2.24) is 0 Å². The highest BCUT2D eigenvalue weighted by Crippen LogP contribution is 2.60. The van der Waals surface area contributed by atoms with Gasteiger partial charge in [0, 0.05) is 5.69 Å². The third kappa shape index (κ3) is 3.28. The Labute approximate surface area is 191 Å². The highest BCUT2D eigenvalue weighted by molar-refractivity contribution is 6.74.